The first kappa shape index (κ1) is 17.4. The molecule has 1 amide bonds. The molecule has 1 aliphatic rings. The molecule has 0 bridgehead atoms. The number of benzene rings is 1. The van der Waals surface area contributed by atoms with Gasteiger partial charge in [0.15, 0.2) is 0 Å². The number of piperidine rings is 1. The Morgan fingerprint density at radius 2 is 2.20 bits per heavy atom. The summed E-state index contributed by atoms with van der Waals surface area (Å²) in [5, 5.41) is 0. The second-order valence-electron chi connectivity index (χ2n) is 4.75. The van der Waals surface area contributed by atoms with E-state index < -0.39 is 0 Å². The fourth-order valence-electron chi connectivity index (χ4n) is 2.51. The SMILES string of the molecule is COC1CCN(C(=O)c2ccccc2Br)C(CN)C1.Cl. The van der Waals surface area contributed by atoms with Crippen molar-refractivity contribution in [2.75, 3.05) is 20.2 Å². The highest BCUT2D eigenvalue weighted by Gasteiger charge is 2.31. The van der Waals surface area contributed by atoms with Gasteiger partial charge in [-0.2, -0.15) is 0 Å². The van der Waals surface area contributed by atoms with Crippen molar-refractivity contribution in [2.24, 2.45) is 5.73 Å². The van der Waals surface area contributed by atoms with Crippen LogP contribution in [0.4, 0.5) is 0 Å². The number of nitrogens with two attached hydrogens (primary N) is 1. The summed E-state index contributed by atoms with van der Waals surface area (Å²) in [5.74, 6) is 0.0393. The Bertz CT molecular complexity index is 459. The molecule has 1 fully saturated rings. The van der Waals surface area contributed by atoms with Gasteiger partial charge in [0, 0.05) is 30.7 Å². The van der Waals surface area contributed by atoms with E-state index in [1.54, 1.807) is 7.11 Å². The van der Waals surface area contributed by atoms with Gasteiger partial charge in [0.05, 0.1) is 11.7 Å². The monoisotopic (exact) mass is 362 g/mol. The van der Waals surface area contributed by atoms with E-state index in [2.05, 4.69) is 15.9 Å². The molecule has 0 saturated carbocycles. The Balaban J connectivity index is 0.00000200. The Hall–Kier alpha value is -0.620. The van der Waals surface area contributed by atoms with E-state index in [0.717, 1.165) is 17.3 Å². The van der Waals surface area contributed by atoms with Crippen molar-refractivity contribution in [3.8, 4) is 0 Å². The number of hydrogen-bond acceptors (Lipinski definition) is 3. The van der Waals surface area contributed by atoms with E-state index in [1.807, 2.05) is 29.2 Å². The molecule has 1 aromatic carbocycles. The topological polar surface area (TPSA) is 55.6 Å². The Morgan fingerprint density at radius 1 is 1.50 bits per heavy atom. The van der Waals surface area contributed by atoms with Crippen molar-refractivity contribution in [3.63, 3.8) is 0 Å². The molecule has 4 nitrogen and oxygen atoms in total. The Morgan fingerprint density at radius 3 is 2.80 bits per heavy atom. The van der Waals surface area contributed by atoms with Crippen molar-refractivity contribution < 1.29 is 9.53 Å². The summed E-state index contributed by atoms with van der Waals surface area (Å²) >= 11 is 3.43. The van der Waals surface area contributed by atoms with E-state index in [-0.39, 0.29) is 30.5 Å². The van der Waals surface area contributed by atoms with Gasteiger partial charge >= 0.3 is 0 Å². The molecule has 2 unspecified atom stereocenters. The van der Waals surface area contributed by atoms with Crippen LogP contribution in [0.3, 0.4) is 0 Å². The molecule has 0 aromatic heterocycles. The second kappa shape index (κ2) is 7.98. The molecule has 2 N–H and O–H groups in total. The molecule has 2 atom stereocenters. The lowest BCUT2D eigenvalue weighted by Gasteiger charge is -2.38. The molecule has 1 aliphatic heterocycles. The number of likely N-dealkylation sites (tertiary alicyclic amines) is 1. The largest absolute Gasteiger partial charge is 0.381 e. The van der Waals surface area contributed by atoms with Crippen LogP contribution in [-0.4, -0.2) is 43.2 Å². The van der Waals surface area contributed by atoms with Crippen LogP contribution in [0.25, 0.3) is 0 Å². The lowest BCUT2D eigenvalue weighted by Crippen LogP contribution is -2.51. The average molecular weight is 364 g/mol. The summed E-state index contributed by atoms with van der Waals surface area (Å²) in [6.45, 7) is 1.16. The minimum atomic E-state index is 0. The molecule has 0 spiro atoms. The van der Waals surface area contributed by atoms with Crippen LogP contribution in [0.2, 0.25) is 0 Å². The summed E-state index contributed by atoms with van der Waals surface area (Å²) in [7, 11) is 1.71. The number of hydrogen-bond donors (Lipinski definition) is 1. The van der Waals surface area contributed by atoms with Gasteiger partial charge in [0.2, 0.25) is 0 Å². The molecule has 6 heteroatoms. The predicted octanol–water partition coefficient (Wildman–Crippen LogP) is 2.45. The molecular formula is C14H20BrClN2O2. The van der Waals surface area contributed by atoms with E-state index in [9.17, 15) is 4.79 Å². The van der Waals surface area contributed by atoms with Crippen LogP contribution in [-0.2, 0) is 4.74 Å². The van der Waals surface area contributed by atoms with Crippen LogP contribution in [0.15, 0.2) is 28.7 Å². The molecule has 20 heavy (non-hydrogen) atoms. The molecule has 112 valence electrons. The van der Waals surface area contributed by atoms with Crippen LogP contribution in [0.1, 0.15) is 23.2 Å². The van der Waals surface area contributed by atoms with E-state index >= 15 is 0 Å². The fourth-order valence-corrected chi connectivity index (χ4v) is 2.96. The van der Waals surface area contributed by atoms with E-state index in [4.69, 9.17) is 10.5 Å². The minimum absolute atomic E-state index is 0. The van der Waals surface area contributed by atoms with Crippen LogP contribution in [0, 0.1) is 0 Å². The van der Waals surface area contributed by atoms with Crippen molar-refractivity contribution in [1.82, 2.24) is 4.90 Å². The van der Waals surface area contributed by atoms with Crippen LogP contribution < -0.4 is 5.73 Å². The van der Waals surface area contributed by atoms with E-state index in [0.29, 0.717) is 18.7 Å². The van der Waals surface area contributed by atoms with Crippen LogP contribution in [0.5, 0.6) is 0 Å². The van der Waals surface area contributed by atoms with Gasteiger partial charge in [-0.05, 0) is 40.9 Å². The summed E-state index contributed by atoms with van der Waals surface area (Å²) in [6, 6.07) is 7.54. The maximum atomic E-state index is 12.6. The van der Waals surface area contributed by atoms with Gasteiger partial charge in [0.1, 0.15) is 0 Å². The van der Waals surface area contributed by atoms with Gasteiger partial charge in [0.25, 0.3) is 5.91 Å². The quantitative estimate of drug-likeness (QED) is 0.897. The second-order valence-corrected chi connectivity index (χ2v) is 5.60. The summed E-state index contributed by atoms with van der Waals surface area (Å²) in [5.41, 5.74) is 6.49. The number of rotatable bonds is 3. The third-order valence-corrected chi connectivity index (χ3v) is 4.33. The van der Waals surface area contributed by atoms with Gasteiger partial charge in [-0.3, -0.25) is 4.79 Å². The average Bonchev–Trinajstić information content (AvgIpc) is 2.46. The molecule has 1 heterocycles. The lowest BCUT2D eigenvalue weighted by molar-refractivity contribution is 0.0138. The number of methoxy groups -OCH3 is 1. The van der Waals surface area contributed by atoms with Gasteiger partial charge in [-0.15, -0.1) is 12.4 Å². The predicted molar refractivity (Wildman–Crippen MR) is 85.3 cm³/mol. The third-order valence-electron chi connectivity index (χ3n) is 3.64. The maximum Gasteiger partial charge on any atom is 0.255 e. The normalized spacial score (nSPS) is 22.2. The fraction of sp³-hybridized carbons (Fsp3) is 0.500. The zero-order valence-corrected chi connectivity index (χ0v) is 13.8. The van der Waals surface area contributed by atoms with Crippen molar-refractivity contribution in [2.45, 2.75) is 25.0 Å². The standard InChI is InChI=1S/C14H19BrN2O2.ClH/c1-19-11-6-7-17(10(8-11)9-16)14(18)12-4-2-3-5-13(12)15;/h2-5,10-11H,6-9,16H2,1H3;1H. The first-order chi connectivity index (χ1) is 9.17. The molecule has 1 aromatic rings. The summed E-state index contributed by atoms with van der Waals surface area (Å²) in [6.07, 6.45) is 1.88. The van der Waals surface area contributed by atoms with Gasteiger partial charge in [-0.1, -0.05) is 12.1 Å². The zero-order chi connectivity index (χ0) is 13.8. The van der Waals surface area contributed by atoms with Gasteiger partial charge < -0.3 is 15.4 Å². The van der Waals surface area contributed by atoms with Gasteiger partial charge in [-0.25, -0.2) is 0 Å². The highest BCUT2D eigenvalue weighted by Crippen LogP contribution is 2.24. The number of halogens is 2. The van der Waals surface area contributed by atoms with Crippen molar-refractivity contribution in [3.05, 3.63) is 34.3 Å². The van der Waals surface area contributed by atoms with Crippen LogP contribution >= 0.6 is 28.3 Å². The lowest BCUT2D eigenvalue weighted by atomic mass is 9.98. The molecule has 0 aliphatic carbocycles. The molecular weight excluding hydrogens is 344 g/mol. The highest BCUT2D eigenvalue weighted by atomic mass is 79.9. The Kier molecular flexibility index (Phi) is 6.95. The molecule has 0 radical (unpaired) electrons. The number of carbonyl (C=O) groups is 1. The smallest absolute Gasteiger partial charge is 0.255 e. The third kappa shape index (κ3) is 3.73. The number of amides is 1. The first-order valence-corrected chi connectivity index (χ1v) is 7.25. The Labute approximate surface area is 134 Å². The van der Waals surface area contributed by atoms with Crippen molar-refractivity contribution >= 4 is 34.2 Å². The number of ether oxygens (including phenoxy) is 1. The van der Waals surface area contributed by atoms with E-state index in [1.165, 1.54) is 0 Å². The molecule has 1 saturated heterocycles. The highest BCUT2D eigenvalue weighted by molar-refractivity contribution is 9.10. The van der Waals surface area contributed by atoms with Crippen molar-refractivity contribution in [1.29, 1.82) is 0 Å². The first-order valence-electron chi connectivity index (χ1n) is 6.45. The summed E-state index contributed by atoms with van der Waals surface area (Å²) < 4.78 is 6.20. The number of nitrogens with zero attached hydrogens (tertiary/aromatic N) is 1. The minimum Gasteiger partial charge on any atom is -0.381 e. The zero-order valence-electron chi connectivity index (χ0n) is 11.4. The summed E-state index contributed by atoms with van der Waals surface area (Å²) in [4.78, 5) is 14.5. The number of carbonyl (C=O) groups excluding carboxylic acids is 1. The molecule has 2 rings (SSSR count). The maximum absolute atomic E-state index is 12.6.